The van der Waals surface area contributed by atoms with Gasteiger partial charge in [-0.25, -0.2) is 18.2 Å². The van der Waals surface area contributed by atoms with Gasteiger partial charge in [0.25, 0.3) is 0 Å². The Bertz CT molecular complexity index is 1340. The van der Waals surface area contributed by atoms with Crippen LogP contribution >= 0.6 is 22.9 Å². The molecule has 0 aliphatic carbocycles. The molecule has 0 spiro atoms. The average molecular weight is 565 g/mol. The maximum Gasteiger partial charge on any atom is 0.352 e. The first-order valence-electron chi connectivity index (χ1n) is 11.8. The molecule has 2 aromatic carbocycles. The van der Waals surface area contributed by atoms with Crippen LogP contribution in [0.2, 0.25) is 5.02 Å². The largest absolute Gasteiger partial charge is 0.462 e. The predicted octanol–water partition coefficient (Wildman–Crippen LogP) is 3.97. The molecular formula is C25H29ClN4O5S2. The van der Waals surface area contributed by atoms with E-state index in [0.717, 1.165) is 55.3 Å². The first kappa shape index (κ1) is 27.3. The third kappa shape index (κ3) is 7.20. The van der Waals surface area contributed by atoms with Gasteiger partial charge in [-0.15, -0.1) is 11.3 Å². The summed E-state index contributed by atoms with van der Waals surface area (Å²) in [5.74, 6) is -0.654. The molecule has 3 N–H and O–H groups in total. The number of carbonyl (C=O) groups is 1. The van der Waals surface area contributed by atoms with Crippen molar-refractivity contribution in [1.29, 1.82) is 0 Å². The monoisotopic (exact) mass is 564 g/mol. The molecule has 0 unspecified atom stereocenters. The fraction of sp³-hybridized carbons (Fsp3) is 0.360. The summed E-state index contributed by atoms with van der Waals surface area (Å²) in [6.07, 6.45) is 0. The molecule has 1 saturated heterocycles. The second-order valence-corrected chi connectivity index (χ2v) is 12.0. The van der Waals surface area contributed by atoms with Gasteiger partial charge in [-0.05, 0) is 48.4 Å². The van der Waals surface area contributed by atoms with Crippen molar-refractivity contribution in [3.63, 3.8) is 0 Å². The molecule has 0 saturated carbocycles. The summed E-state index contributed by atoms with van der Waals surface area (Å²) < 4.78 is 36.3. The number of halogens is 1. The van der Waals surface area contributed by atoms with Gasteiger partial charge in [0, 0.05) is 36.9 Å². The summed E-state index contributed by atoms with van der Waals surface area (Å²) in [6, 6.07) is 11.9. The quantitative estimate of drug-likeness (QED) is 0.278. The van der Waals surface area contributed by atoms with Gasteiger partial charge in [-0.1, -0.05) is 23.7 Å². The molecule has 4 rings (SSSR count). The van der Waals surface area contributed by atoms with Crippen LogP contribution in [0.15, 0.2) is 47.4 Å². The number of esters is 1. The zero-order chi connectivity index (χ0) is 26.4. The molecule has 9 nitrogen and oxygen atoms in total. The zero-order valence-corrected chi connectivity index (χ0v) is 22.8. The zero-order valence-electron chi connectivity index (χ0n) is 20.4. The first-order valence-corrected chi connectivity index (χ1v) is 14.7. The van der Waals surface area contributed by atoms with Crippen LogP contribution in [0.25, 0.3) is 0 Å². The number of nitrogens with one attached hydrogen (secondary N) is 1. The highest BCUT2D eigenvalue weighted by Gasteiger charge is 2.24. The molecule has 1 aliphatic rings. The molecule has 3 aromatic rings. The number of nitrogen functional groups attached to an aromatic ring is 1. The van der Waals surface area contributed by atoms with Crippen molar-refractivity contribution >= 4 is 50.2 Å². The van der Waals surface area contributed by atoms with E-state index in [1.165, 1.54) is 24.3 Å². The number of carbonyl (C=O) groups excluding carboxylic acids is 1. The summed E-state index contributed by atoms with van der Waals surface area (Å²) in [6.45, 7) is 6.24. The molecule has 0 radical (unpaired) electrons. The van der Waals surface area contributed by atoms with E-state index >= 15 is 0 Å². The van der Waals surface area contributed by atoms with E-state index in [2.05, 4.69) is 15.2 Å². The first-order chi connectivity index (χ1) is 17.7. The van der Waals surface area contributed by atoms with Gasteiger partial charge < -0.3 is 20.5 Å². The standard InChI is InChI=1S/C25H29ClN4O5S2/c1-2-35-25(31)23-24(29-22(36-23)16-37(32,33)20-7-5-19(26)6-8-20)28-14-18-4-3-17(13-21(18)27)15-30-9-11-34-12-10-30/h3-8,13,28H,2,9-12,14-16,27H2,1H3. The minimum Gasteiger partial charge on any atom is -0.462 e. The number of anilines is 2. The van der Waals surface area contributed by atoms with Gasteiger partial charge in [0.05, 0.1) is 24.7 Å². The van der Waals surface area contributed by atoms with Crippen LogP contribution in [0.4, 0.5) is 11.5 Å². The summed E-state index contributed by atoms with van der Waals surface area (Å²) in [4.78, 5) is 19.7. The van der Waals surface area contributed by atoms with E-state index in [9.17, 15) is 13.2 Å². The minimum absolute atomic E-state index is 0.129. The molecule has 1 fully saturated rings. The number of nitrogens with zero attached hydrogens (tertiary/aromatic N) is 2. The molecular weight excluding hydrogens is 536 g/mol. The van der Waals surface area contributed by atoms with Gasteiger partial charge in [0.2, 0.25) is 0 Å². The summed E-state index contributed by atoms with van der Waals surface area (Å²) >= 11 is 6.87. The SMILES string of the molecule is CCOC(=O)c1sc(CS(=O)(=O)c2ccc(Cl)cc2)nc1NCc1ccc(CN2CCOCC2)cc1N. The lowest BCUT2D eigenvalue weighted by Crippen LogP contribution is -2.35. The summed E-state index contributed by atoms with van der Waals surface area (Å²) in [5, 5.41) is 3.86. The number of nitrogens with two attached hydrogens (primary N) is 1. The number of thiazole rings is 1. The van der Waals surface area contributed by atoms with E-state index in [-0.39, 0.29) is 33.0 Å². The van der Waals surface area contributed by atoms with Crippen LogP contribution in [0.5, 0.6) is 0 Å². The Morgan fingerprint density at radius 1 is 1.22 bits per heavy atom. The maximum absolute atomic E-state index is 12.9. The Hall–Kier alpha value is -2.70. The number of benzene rings is 2. The minimum atomic E-state index is -3.68. The van der Waals surface area contributed by atoms with Crippen molar-refractivity contribution in [1.82, 2.24) is 9.88 Å². The highest BCUT2D eigenvalue weighted by molar-refractivity contribution is 7.90. The third-order valence-corrected chi connectivity index (χ3v) is 8.90. The number of rotatable bonds is 10. The summed E-state index contributed by atoms with van der Waals surface area (Å²) in [7, 11) is -3.68. The normalized spacial score (nSPS) is 14.4. The number of ether oxygens (including phenoxy) is 2. The van der Waals surface area contributed by atoms with Crippen LogP contribution in [0.3, 0.4) is 0 Å². The van der Waals surface area contributed by atoms with E-state index in [0.29, 0.717) is 17.3 Å². The van der Waals surface area contributed by atoms with E-state index in [4.69, 9.17) is 26.8 Å². The Labute approximate surface area is 225 Å². The number of aromatic nitrogens is 1. The average Bonchev–Trinajstić information content (AvgIpc) is 3.26. The van der Waals surface area contributed by atoms with Crippen LogP contribution in [0, 0.1) is 0 Å². The van der Waals surface area contributed by atoms with Crippen LogP contribution in [-0.4, -0.2) is 57.2 Å². The molecule has 1 aliphatic heterocycles. The van der Waals surface area contributed by atoms with Crippen molar-refractivity contribution < 1.29 is 22.7 Å². The van der Waals surface area contributed by atoms with Gasteiger partial charge in [-0.3, -0.25) is 4.90 Å². The molecule has 12 heteroatoms. The predicted molar refractivity (Wildman–Crippen MR) is 145 cm³/mol. The van der Waals surface area contributed by atoms with Gasteiger partial charge in [0.1, 0.15) is 10.8 Å². The molecule has 37 heavy (non-hydrogen) atoms. The Morgan fingerprint density at radius 3 is 2.62 bits per heavy atom. The second-order valence-electron chi connectivity index (χ2n) is 8.49. The molecule has 1 aromatic heterocycles. The number of morpholine rings is 1. The second kappa shape index (κ2) is 12.2. The number of hydrogen-bond donors (Lipinski definition) is 2. The topological polar surface area (TPSA) is 124 Å². The smallest absolute Gasteiger partial charge is 0.352 e. The van der Waals surface area contributed by atoms with Crippen molar-refractivity contribution in [2.45, 2.75) is 30.7 Å². The Morgan fingerprint density at radius 2 is 1.95 bits per heavy atom. The highest BCUT2D eigenvalue weighted by Crippen LogP contribution is 2.29. The molecule has 0 atom stereocenters. The Balaban J connectivity index is 1.49. The van der Waals surface area contributed by atoms with Crippen LogP contribution < -0.4 is 11.1 Å². The molecule has 0 bridgehead atoms. The third-order valence-electron chi connectivity index (χ3n) is 5.78. The lowest BCUT2D eigenvalue weighted by molar-refractivity contribution is 0.0342. The lowest BCUT2D eigenvalue weighted by atomic mass is 10.1. The maximum atomic E-state index is 12.9. The van der Waals surface area contributed by atoms with Crippen molar-refractivity contribution in [2.75, 3.05) is 44.0 Å². The number of hydrogen-bond acceptors (Lipinski definition) is 10. The van der Waals surface area contributed by atoms with Gasteiger partial charge in [0.15, 0.2) is 20.5 Å². The van der Waals surface area contributed by atoms with Crippen molar-refractivity contribution in [2.24, 2.45) is 0 Å². The number of sulfone groups is 1. The van der Waals surface area contributed by atoms with Crippen molar-refractivity contribution in [3.05, 3.63) is 68.5 Å². The lowest BCUT2D eigenvalue weighted by Gasteiger charge is -2.26. The van der Waals surface area contributed by atoms with Crippen molar-refractivity contribution in [3.8, 4) is 0 Å². The molecule has 2 heterocycles. The van der Waals surface area contributed by atoms with E-state index in [1.54, 1.807) is 6.92 Å². The Kier molecular flexibility index (Phi) is 9.04. The van der Waals surface area contributed by atoms with Crippen LogP contribution in [0.1, 0.15) is 32.7 Å². The van der Waals surface area contributed by atoms with Gasteiger partial charge >= 0.3 is 5.97 Å². The highest BCUT2D eigenvalue weighted by atomic mass is 35.5. The van der Waals surface area contributed by atoms with Crippen LogP contribution in [-0.2, 0) is 38.2 Å². The fourth-order valence-electron chi connectivity index (χ4n) is 3.87. The van der Waals surface area contributed by atoms with E-state index < -0.39 is 15.8 Å². The summed E-state index contributed by atoms with van der Waals surface area (Å²) in [5.41, 5.74) is 8.89. The van der Waals surface area contributed by atoms with Gasteiger partial charge in [-0.2, -0.15) is 0 Å². The molecule has 0 amide bonds. The molecule has 198 valence electrons. The fourth-order valence-corrected chi connectivity index (χ4v) is 6.53. The van der Waals surface area contributed by atoms with E-state index in [1.807, 2.05) is 18.2 Å².